The Labute approximate surface area is 316 Å². The molecule has 2 aromatic carbocycles. The number of benzene rings is 2. The van der Waals surface area contributed by atoms with Gasteiger partial charge in [-0.05, 0) is 52.8 Å². The number of carbonyl (C=O) groups is 4. The molecule has 0 radical (unpaired) electrons. The second-order valence-corrected chi connectivity index (χ2v) is 14.7. The number of H-pyrrole nitrogens is 2. The lowest BCUT2D eigenvalue weighted by molar-refractivity contribution is -0.135. The molecular formula is C40H52N8O6. The maximum absolute atomic E-state index is 13.5. The van der Waals surface area contributed by atoms with Gasteiger partial charge in [0.25, 0.3) is 0 Å². The summed E-state index contributed by atoms with van der Waals surface area (Å²) in [6.45, 7) is 12.0. The Kier molecular flexibility index (Phi) is 12.4. The van der Waals surface area contributed by atoms with Crippen LogP contribution in [0.2, 0.25) is 0 Å². The molecule has 14 heteroatoms. The number of alkyl carbamates (subject to hydrolysis) is 1. The van der Waals surface area contributed by atoms with E-state index in [0.717, 1.165) is 46.5 Å². The van der Waals surface area contributed by atoms with E-state index in [1.807, 2.05) is 77.9 Å². The van der Waals surface area contributed by atoms with Crippen molar-refractivity contribution in [1.82, 2.24) is 35.1 Å². The number of methoxy groups -OCH3 is 2. The normalized spacial score (nSPS) is 16.0. The number of ether oxygens (including phenoxy) is 2. The lowest BCUT2D eigenvalue weighted by atomic mass is 9.95. The third-order valence-corrected chi connectivity index (χ3v) is 9.98. The molecule has 14 nitrogen and oxygen atoms in total. The van der Waals surface area contributed by atoms with Crippen molar-refractivity contribution in [3.63, 3.8) is 0 Å². The largest absolute Gasteiger partial charge is 0.453 e. The van der Waals surface area contributed by atoms with E-state index in [9.17, 15) is 19.2 Å². The molecule has 0 aliphatic carbocycles. The van der Waals surface area contributed by atoms with Crippen molar-refractivity contribution in [2.45, 2.75) is 78.6 Å². The minimum Gasteiger partial charge on any atom is -0.453 e. The average molecular weight is 741 g/mol. The van der Waals surface area contributed by atoms with Crippen LogP contribution in [0.4, 0.5) is 9.59 Å². The number of aromatic nitrogens is 4. The summed E-state index contributed by atoms with van der Waals surface area (Å²) in [7, 11) is 2.57. The first-order chi connectivity index (χ1) is 25.7. The van der Waals surface area contributed by atoms with E-state index in [4.69, 9.17) is 15.2 Å². The fourth-order valence-corrected chi connectivity index (χ4v) is 7.22. The standard InChI is InChI=1S/C40H52N8O6/c1-22(2)32(46-39(51)53-7)38(50)47-19-9-10-31(47)36-42-20-29(44-36)27-15-11-25(12-16-27)26-13-17-28(18-14-26)30-21-43-37(45-30)34(24(5)6)48(40(52)54-8)33(23(3)4)35(41)49/h11-18,20-24,31-34H,9-10,19H2,1-8H3,(H2,41,49)(H,42,44)(H,43,45)(H,46,51)/t31?,32-,33-,34-/m0/s1. The van der Waals surface area contributed by atoms with Crippen LogP contribution in [0.3, 0.4) is 0 Å². The summed E-state index contributed by atoms with van der Waals surface area (Å²) >= 11 is 0. The second kappa shape index (κ2) is 17.0. The molecule has 0 saturated carbocycles. The predicted molar refractivity (Wildman–Crippen MR) is 205 cm³/mol. The van der Waals surface area contributed by atoms with Crippen molar-refractivity contribution in [1.29, 1.82) is 0 Å². The molecule has 3 heterocycles. The van der Waals surface area contributed by atoms with Crippen LogP contribution < -0.4 is 11.1 Å². The van der Waals surface area contributed by atoms with E-state index < -0.39 is 36.2 Å². The highest BCUT2D eigenvalue weighted by atomic mass is 16.5. The first-order valence-electron chi connectivity index (χ1n) is 18.4. The first-order valence-corrected chi connectivity index (χ1v) is 18.4. The van der Waals surface area contributed by atoms with Crippen molar-refractivity contribution in [2.24, 2.45) is 23.5 Å². The Balaban J connectivity index is 1.30. The van der Waals surface area contributed by atoms with Crippen LogP contribution in [0.1, 0.15) is 78.1 Å². The fraction of sp³-hybridized carbons (Fsp3) is 0.450. The molecule has 288 valence electrons. The van der Waals surface area contributed by atoms with Gasteiger partial charge >= 0.3 is 12.2 Å². The van der Waals surface area contributed by atoms with Gasteiger partial charge in [0.15, 0.2) is 0 Å². The van der Waals surface area contributed by atoms with Gasteiger partial charge < -0.3 is 35.4 Å². The van der Waals surface area contributed by atoms with E-state index in [-0.39, 0.29) is 29.7 Å². The summed E-state index contributed by atoms with van der Waals surface area (Å²) in [6.07, 6.45) is 3.84. The maximum Gasteiger partial charge on any atom is 0.410 e. The van der Waals surface area contributed by atoms with Crippen molar-refractivity contribution >= 4 is 24.0 Å². The molecule has 1 aliphatic rings. The van der Waals surface area contributed by atoms with Gasteiger partial charge in [-0.15, -0.1) is 0 Å². The number of rotatable bonds is 13. The van der Waals surface area contributed by atoms with Crippen LogP contribution in [0.15, 0.2) is 60.9 Å². The topological polar surface area (TPSA) is 189 Å². The molecule has 1 saturated heterocycles. The quantitative estimate of drug-likeness (QED) is 0.120. The zero-order chi connectivity index (χ0) is 39.3. The molecule has 0 spiro atoms. The van der Waals surface area contributed by atoms with E-state index in [1.54, 1.807) is 17.3 Å². The number of primary amides is 1. The molecule has 1 fully saturated rings. The number of imidazole rings is 2. The second-order valence-electron chi connectivity index (χ2n) is 14.7. The van der Waals surface area contributed by atoms with E-state index in [1.165, 1.54) is 19.1 Å². The molecule has 54 heavy (non-hydrogen) atoms. The van der Waals surface area contributed by atoms with Crippen molar-refractivity contribution in [3.8, 4) is 33.6 Å². The highest BCUT2D eigenvalue weighted by Crippen LogP contribution is 2.35. The van der Waals surface area contributed by atoms with E-state index in [2.05, 4.69) is 37.4 Å². The van der Waals surface area contributed by atoms with Crippen LogP contribution in [-0.4, -0.2) is 86.6 Å². The number of hydrogen-bond donors (Lipinski definition) is 4. The molecule has 4 atom stereocenters. The van der Waals surface area contributed by atoms with Gasteiger partial charge in [0.2, 0.25) is 11.8 Å². The molecule has 1 unspecified atom stereocenters. The lowest BCUT2D eigenvalue weighted by Crippen LogP contribution is -2.53. The fourth-order valence-electron chi connectivity index (χ4n) is 7.22. The van der Waals surface area contributed by atoms with Crippen LogP contribution in [0.25, 0.3) is 33.6 Å². The van der Waals surface area contributed by atoms with Crippen LogP contribution in [0.5, 0.6) is 0 Å². The molecule has 4 amide bonds. The number of aromatic amines is 2. The van der Waals surface area contributed by atoms with Crippen LogP contribution >= 0.6 is 0 Å². The number of nitrogens with zero attached hydrogens (tertiary/aromatic N) is 4. The first kappa shape index (κ1) is 39.5. The average Bonchev–Trinajstić information content (AvgIpc) is 3.94. The van der Waals surface area contributed by atoms with Crippen molar-refractivity contribution in [2.75, 3.05) is 20.8 Å². The SMILES string of the molecule is COC(=O)N[C@H](C(=O)N1CCCC1c1ncc(-c2ccc(-c3ccc(-c4cnc([C@H](C(C)C)N(C(=O)OC)[C@H](C(N)=O)C(C)C)[nH]4)cc3)cc2)[nH]1)C(C)C. The van der Waals surface area contributed by atoms with Gasteiger partial charge in [0, 0.05) is 6.54 Å². The predicted octanol–water partition coefficient (Wildman–Crippen LogP) is 6.45. The van der Waals surface area contributed by atoms with Gasteiger partial charge in [0.1, 0.15) is 23.7 Å². The molecular weight excluding hydrogens is 688 g/mol. The van der Waals surface area contributed by atoms with E-state index in [0.29, 0.717) is 18.2 Å². The summed E-state index contributed by atoms with van der Waals surface area (Å²) in [5.41, 5.74) is 11.3. The minimum absolute atomic E-state index is 0.108. The van der Waals surface area contributed by atoms with Gasteiger partial charge in [-0.1, -0.05) is 90.1 Å². The zero-order valence-corrected chi connectivity index (χ0v) is 32.3. The van der Waals surface area contributed by atoms with Gasteiger partial charge in [-0.3, -0.25) is 14.5 Å². The van der Waals surface area contributed by atoms with Crippen molar-refractivity contribution in [3.05, 3.63) is 72.6 Å². The summed E-state index contributed by atoms with van der Waals surface area (Å²) in [5.74, 6) is 0.0251. The summed E-state index contributed by atoms with van der Waals surface area (Å²) in [5, 5.41) is 2.69. The Morgan fingerprint density at radius 3 is 1.85 bits per heavy atom. The number of nitrogens with two attached hydrogens (primary N) is 1. The third-order valence-electron chi connectivity index (χ3n) is 9.98. The maximum atomic E-state index is 13.5. The smallest absolute Gasteiger partial charge is 0.410 e. The number of hydrogen-bond acceptors (Lipinski definition) is 8. The Bertz CT molecular complexity index is 1920. The Hall–Kier alpha value is -5.66. The Morgan fingerprint density at radius 2 is 1.35 bits per heavy atom. The lowest BCUT2D eigenvalue weighted by Gasteiger charge is -2.38. The molecule has 1 aliphatic heterocycles. The minimum atomic E-state index is -0.881. The Morgan fingerprint density at radius 1 is 0.796 bits per heavy atom. The zero-order valence-electron chi connectivity index (χ0n) is 32.3. The molecule has 5 rings (SSSR count). The molecule has 0 bridgehead atoms. The highest BCUT2D eigenvalue weighted by molar-refractivity contribution is 5.86. The third kappa shape index (κ3) is 8.42. The number of nitrogens with one attached hydrogen (secondary N) is 3. The summed E-state index contributed by atoms with van der Waals surface area (Å²) in [6, 6.07) is 13.9. The number of amides is 4. The van der Waals surface area contributed by atoms with E-state index >= 15 is 0 Å². The molecule has 4 aromatic rings. The van der Waals surface area contributed by atoms with Crippen LogP contribution in [0, 0.1) is 17.8 Å². The monoisotopic (exact) mass is 740 g/mol. The van der Waals surface area contributed by atoms with Gasteiger partial charge in [0.05, 0.1) is 50.1 Å². The summed E-state index contributed by atoms with van der Waals surface area (Å²) < 4.78 is 9.84. The van der Waals surface area contributed by atoms with Gasteiger partial charge in [-0.2, -0.15) is 0 Å². The van der Waals surface area contributed by atoms with Gasteiger partial charge in [-0.25, -0.2) is 19.6 Å². The number of likely N-dealkylation sites (tertiary alicyclic amines) is 1. The summed E-state index contributed by atoms with van der Waals surface area (Å²) in [4.78, 5) is 70.3. The number of carbonyl (C=O) groups excluding carboxylic acids is 4. The highest BCUT2D eigenvalue weighted by Gasteiger charge is 2.41. The molecule has 5 N–H and O–H groups in total. The van der Waals surface area contributed by atoms with Crippen molar-refractivity contribution < 1.29 is 28.7 Å². The molecule has 2 aromatic heterocycles. The van der Waals surface area contributed by atoms with Crippen LogP contribution in [-0.2, 0) is 19.1 Å².